The van der Waals surface area contributed by atoms with Gasteiger partial charge in [-0.3, -0.25) is 9.69 Å². The van der Waals surface area contributed by atoms with Gasteiger partial charge in [-0.05, 0) is 130 Å². The number of para-hydroxylation sites is 1. The monoisotopic (exact) mass is 813 g/mol. The number of rotatable bonds is 12. The van der Waals surface area contributed by atoms with Gasteiger partial charge in [0.05, 0.1) is 24.8 Å². The second kappa shape index (κ2) is 17.2. The summed E-state index contributed by atoms with van der Waals surface area (Å²) < 4.78 is 36.3. The summed E-state index contributed by atoms with van der Waals surface area (Å²) in [4.78, 5) is 57.3. The fourth-order valence-corrected chi connectivity index (χ4v) is 9.16. The maximum atomic E-state index is 14.3. The minimum absolute atomic E-state index is 0.116. The number of carbonyl (C=O) groups excluding carboxylic acids is 4. The maximum absolute atomic E-state index is 14.3. The fourth-order valence-electron chi connectivity index (χ4n) is 9.16. The van der Waals surface area contributed by atoms with Gasteiger partial charge in [-0.15, -0.1) is 0 Å². The number of ether oxygens (including phenoxy) is 4. The summed E-state index contributed by atoms with van der Waals surface area (Å²) >= 11 is 0. The second-order valence-corrected chi connectivity index (χ2v) is 20.3. The first-order valence-corrected chi connectivity index (χ1v) is 21.0. The van der Waals surface area contributed by atoms with E-state index in [9.17, 15) is 19.2 Å². The lowest BCUT2D eigenvalue weighted by Gasteiger charge is -2.64. The van der Waals surface area contributed by atoms with Crippen LogP contribution >= 0.6 is 0 Å². The molecule has 1 aromatic carbocycles. The highest BCUT2D eigenvalue weighted by atomic mass is 16.7. The van der Waals surface area contributed by atoms with Gasteiger partial charge >= 0.3 is 25.3 Å². The highest BCUT2D eigenvalue weighted by molar-refractivity contribution is 6.48. The van der Waals surface area contributed by atoms with Gasteiger partial charge in [-0.2, -0.15) is 0 Å². The van der Waals surface area contributed by atoms with Gasteiger partial charge in [0.2, 0.25) is 5.91 Å². The van der Waals surface area contributed by atoms with Crippen molar-refractivity contribution in [2.24, 2.45) is 17.3 Å². The summed E-state index contributed by atoms with van der Waals surface area (Å²) in [7, 11) is 0.714. The lowest BCUT2D eigenvalue weighted by molar-refractivity contribution is -0.199. The van der Waals surface area contributed by atoms with Gasteiger partial charge in [0, 0.05) is 32.2 Å². The number of hydrogen-bond acceptors (Lipinski definition) is 11. The Morgan fingerprint density at radius 1 is 0.931 bits per heavy atom. The lowest BCUT2D eigenvalue weighted by Crippen LogP contribution is -2.65. The molecule has 2 aliphatic heterocycles. The number of hydrogen-bond donors (Lipinski definition) is 2. The smallest absolute Gasteiger partial charge is 0.482 e. The molecule has 0 radical (unpaired) electrons. The Morgan fingerprint density at radius 2 is 1.57 bits per heavy atom. The van der Waals surface area contributed by atoms with Gasteiger partial charge in [0.25, 0.3) is 0 Å². The number of nitrogens with zero attached hydrogens (tertiary/aromatic N) is 2. The minimum atomic E-state index is -0.795. The minimum Gasteiger partial charge on any atom is -0.496 e. The molecule has 3 saturated carbocycles. The Morgan fingerprint density at radius 3 is 2.16 bits per heavy atom. The molecule has 5 aliphatic rings. The van der Waals surface area contributed by atoms with Crippen LogP contribution < -0.4 is 15.4 Å². The largest absolute Gasteiger partial charge is 0.496 e. The molecule has 3 amide bonds. The molecule has 5 unspecified atom stereocenters. The number of likely N-dealkylation sites (tertiary alicyclic amines) is 1. The molecule has 14 nitrogen and oxygen atoms in total. The van der Waals surface area contributed by atoms with Crippen LogP contribution in [0.4, 0.5) is 9.59 Å². The third-order valence-corrected chi connectivity index (χ3v) is 12.0. The predicted octanol–water partition coefficient (Wildman–Crippen LogP) is 6.17. The van der Waals surface area contributed by atoms with Crippen molar-refractivity contribution < 1.29 is 47.4 Å². The van der Waals surface area contributed by atoms with Crippen molar-refractivity contribution in [3.63, 3.8) is 0 Å². The molecule has 2 N–H and O–H groups in total. The summed E-state index contributed by atoms with van der Waals surface area (Å²) in [6.07, 6.45) is 2.24. The zero-order valence-corrected chi connectivity index (χ0v) is 37.2. The first-order chi connectivity index (χ1) is 26.8. The standard InChI is InChI=1S/C43H69BN4O10/c1-39(2,3)54-36(50)30-16-14-15-27(35(30)53-13)23-33(44-57-32-25-28-24-31(42(28,10)11)43(32,12)58-44)46-34(49)26-48(38(52)56-41(7,8)9)29-17-20-47(21-18-29)22-19-45-37(51)55-40(4,5)6/h14-16,28-29,31-33H,17-26H2,1-13H3,(H,45,51)(H,46,49). The highest BCUT2D eigenvalue weighted by Gasteiger charge is 2.68. The molecule has 2 bridgehead atoms. The van der Waals surface area contributed by atoms with Crippen LogP contribution in [0, 0.1) is 17.3 Å². The molecule has 5 atom stereocenters. The number of amides is 3. The van der Waals surface area contributed by atoms with E-state index in [2.05, 4.69) is 36.3 Å². The SMILES string of the molecule is COc1c(CC(NC(=O)CN(C(=O)OC(C)(C)C)C2CCN(CCNC(=O)OC(C)(C)C)CC2)B2OC3CC4CC(C4(C)C)C3(C)O2)cccc1C(=O)OC(C)(C)C. The van der Waals surface area contributed by atoms with Crippen molar-refractivity contribution in [1.82, 2.24) is 20.4 Å². The van der Waals surface area contributed by atoms with E-state index in [4.69, 9.17) is 28.3 Å². The van der Waals surface area contributed by atoms with Crippen molar-refractivity contribution in [3.05, 3.63) is 29.3 Å². The Labute approximate surface area is 346 Å². The van der Waals surface area contributed by atoms with E-state index in [0.717, 1.165) is 12.8 Å². The zero-order chi connectivity index (χ0) is 43.0. The van der Waals surface area contributed by atoms with E-state index in [1.165, 1.54) is 12.0 Å². The number of nitrogens with one attached hydrogen (secondary N) is 2. The van der Waals surface area contributed by atoms with E-state index in [0.29, 0.717) is 62.2 Å². The van der Waals surface area contributed by atoms with Gasteiger partial charge in [-0.1, -0.05) is 26.0 Å². The molecule has 6 rings (SSSR count). The molecule has 324 valence electrons. The summed E-state index contributed by atoms with van der Waals surface area (Å²) in [6.45, 7) is 25.2. The first-order valence-electron chi connectivity index (χ1n) is 21.0. The normalized spacial score (nSPS) is 25.1. The van der Waals surface area contributed by atoms with E-state index in [-0.39, 0.29) is 42.0 Å². The number of alkyl carbamates (subject to hydrolysis) is 1. The third kappa shape index (κ3) is 11.0. The molecule has 0 aromatic heterocycles. The van der Waals surface area contributed by atoms with Gasteiger partial charge < -0.3 is 43.8 Å². The highest BCUT2D eigenvalue weighted by Crippen LogP contribution is 2.65. The molecular formula is C43H69BN4O10. The van der Waals surface area contributed by atoms with Crippen LogP contribution in [0.3, 0.4) is 0 Å². The van der Waals surface area contributed by atoms with Crippen LogP contribution in [0.5, 0.6) is 5.75 Å². The molecule has 2 saturated heterocycles. The van der Waals surface area contributed by atoms with E-state index in [1.54, 1.807) is 32.9 Å². The van der Waals surface area contributed by atoms with Crippen LogP contribution in [0.15, 0.2) is 18.2 Å². The van der Waals surface area contributed by atoms with Crippen molar-refractivity contribution in [2.45, 2.75) is 156 Å². The fraction of sp³-hybridized carbons (Fsp3) is 0.767. The quantitative estimate of drug-likeness (QED) is 0.142. The average Bonchev–Trinajstić information content (AvgIpc) is 3.45. The second-order valence-electron chi connectivity index (χ2n) is 20.3. The van der Waals surface area contributed by atoms with Crippen molar-refractivity contribution in [3.8, 4) is 5.75 Å². The van der Waals surface area contributed by atoms with Gasteiger partial charge in [0.15, 0.2) is 0 Å². The zero-order valence-electron chi connectivity index (χ0n) is 37.2. The number of esters is 1. The first kappa shape index (κ1) is 45.5. The summed E-state index contributed by atoms with van der Waals surface area (Å²) in [5.74, 6) is -0.413. The summed E-state index contributed by atoms with van der Waals surface area (Å²) in [6, 6.07) is 5.04. The number of carbonyl (C=O) groups is 4. The molecule has 2 heterocycles. The number of benzene rings is 1. The maximum Gasteiger partial charge on any atom is 0.482 e. The predicted molar refractivity (Wildman–Crippen MR) is 221 cm³/mol. The number of methoxy groups -OCH3 is 1. The average molecular weight is 813 g/mol. The summed E-state index contributed by atoms with van der Waals surface area (Å²) in [5.41, 5.74) is -1.53. The summed E-state index contributed by atoms with van der Waals surface area (Å²) in [5, 5.41) is 6.01. The Kier molecular flexibility index (Phi) is 13.5. The topological polar surface area (TPSA) is 154 Å². The molecule has 1 aromatic rings. The van der Waals surface area contributed by atoms with Gasteiger partial charge in [-0.25, -0.2) is 14.4 Å². The molecule has 58 heavy (non-hydrogen) atoms. The Hall–Kier alpha value is -3.56. The van der Waals surface area contributed by atoms with Gasteiger partial charge in [0.1, 0.15) is 34.7 Å². The molecular weight excluding hydrogens is 743 g/mol. The van der Waals surface area contributed by atoms with Crippen LogP contribution in [0.2, 0.25) is 0 Å². The Bertz CT molecular complexity index is 1660. The van der Waals surface area contributed by atoms with E-state index < -0.39 is 53.6 Å². The van der Waals surface area contributed by atoms with Crippen molar-refractivity contribution in [1.29, 1.82) is 0 Å². The van der Waals surface area contributed by atoms with Crippen LogP contribution in [-0.2, 0) is 34.7 Å². The van der Waals surface area contributed by atoms with Crippen LogP contribution in [0.25, 0.3) is 0 Å². The van der Waals surface area contributed by atoms with E-state index >= 15 is 0 Å². The Balaban J connectivity index is 1.34. The molecule has 5 fully saturated rings. The van der Waals surface area contributed by atoms with Crippen molar-refractivity contribution >= 4 is 31.2 Å². The lowest BCUT2D eigenvalue weighted by atomic mass is 9.43. The van der Waals surface area contributed by atoms with Crippen LogP contribution in [0.1, 0.15) is 125 Å². The third-order valence-electron chi connectivity index (χ3n) is 12.0. The molecule has 3 aliphatic carbocycles. The van der Waals surface area contributed by atoms with Crippen LogP contribution in [-0.4, -0.2) is 121 Å². The molecule has 15 heteroatoms. The number of piperidine rings is 1. The molecule has 0 spiro atoms. The van der Waals surface area contributed by atoms with E-state index in [1.807, 2.05) is 47.6 Å². The van der Waals surface area contributed by atoms with Crippen molar-refractivity contribution in [2.75, 3.05) is 39.8 Å².